The maximum absolute atomic E-state index is 6.65. The molecule has 0 radical (unpaired) electrons. The predicted molar refractivity (Wildman–Crippen MR) is 89.3 cm³/mol. The lowest BCUT2D eigenvalue weighted by atomic mass is 9.86. The first kappa shape index (κ1) is 16.9. The average molecular weight is 319 g/mol. The molecule has 19 heavy (non-hydrogen) atoms. The van der Waals surface area contributed by atoms with E-state index in [4.69, 9.17) is 27.6 Å². The lowest BCUT2D eigenvalue weighted by Gasteiger charge is -2.26. The van der Waals surface area contributed by atoms with E-state index in [1.807, 2.05) is 0 Å². The van der Waals surface area contributed by atoms with E-state index >= 15 is 0 Å². The largest absolute Gasteiger partial charge is 0.552 e. The zero-order valence-electron chi connectivity index (χ0n) is 12.9. The highest BCUT2D eigenvalue weighted by Gasteiger charge is 2.26. The van der Waals surface area contributed by atoms with Crippen molar-refractivity contribution in [2.45, 2.75) is 59.3 Å². The van der Waals surface area contributed by atoms with Crippen LogP contribution in [0.2, 0.25) is 10.0 Å². The van der Waals surface area contributed by atoms with Crippen LogP contribution in [0.3, 0.4) is 0 Å². The van der Waals surface area contributed by atoms with Gasteiger partial charge in [-0.25, -0.2) is 0 Å². The third kappa shape index (κ3) is 3.12. The minimum Gasteiger partial charge on any atom is -0.552 e. The summed E-state index contributed by atoms with van der Waals surface area (Å²) in [6, 6.07) is 0. The molecule has 108 valence electrons. The molecule has 1 aromatic carbocycles. The Hall–Kier alpha value is -0.183. The van der Waals surface area contributed by atoms with Crippen molar-refractivity contribution >= 4 is 33.7 Å². The van der Waals surface area contributed by atoms with Crippen molar-refractivity contribution < 1.29 is 4.43 Å². The molecule has 0 unspecified atom stereocenters. The zero-order chi connectivity index (χ0) is 14.9. The summed E-state index contributed by atoms with van der Waals surface area (Å²) in [4.78, 5) is 0. The Labute approximate surface area is 130 Å². The normalized spacial score (nSPS) is 11.9. The van der Waals surface area contributed by atoms with E-state index in [1.165, 1.54) is 11.1 Å². The van der Waals surface area contributed by atoms with Crippen LogP contribution >= 0.6 is 23.2 Å². The van der Waals surface area contributed by atoms with Crippen LogP contribution in [0, 0.1) is 0 Å². The number of hydrogen-bond donors (Lipinski definition) is 0. The molecule has 0 saturated heterocycles. The molecule has 1 aromatic rings. The summed E-state index contributed by atoms with van der Waals surface area (Å²) < 4.78 is 5.72. The summed E-state index contributed by atoms with van der Waals surface area (Å²) in [6.45, 7) is 12.9. The molecule has 1 rings (SSSR count). The third-order valence-electron chi connectivity index (χ3n) is 3.38. The summed E-state index contributed by atoms with van der Waals surface area (Å²) in [5.74, 6) is 1.84. The topological polar surface area (TPSA) is 9.23 Å². The Balaban J connectivity index is 3.83. The van der Waals surface area contributed by atoms with E-state index in [0.29, 0.717) is 27.3 Å². The Kier molecular flexibility index (Phi) is 5.78. The first-order valence-electron chi connectivity index (χ1n) is 6.82. The molecule has 0 aliphatic rings. The molecule has 0 N–H and O–H groups in total. The predicted octanol–water partition coefficient (Wildman–Crippen LogP) is 5.02. The van der Waals surface area contributed by atoms with Crippen LogP contribution in [0.25, 0.3) is 0 Å². The van der Waals surface area contributed by atoms with Gasteiger partial charge in [-0.1, -0.05) is 64.7 Å². The van der Waals surface area contributed by atoms with E-state index in [9.17, 15) is 0 Å². The monoisotopic (exact) mass is 318 g/mol. The van der Waals surface area contributed by atoms with Gasteiger partial charge in [0.05, 0.1) is 5.02 Å². The van der Waals surface area contributed by atoms with Gasteiger partial charge < -0.3 is 4.43 Å². The molecule has 0 aliphatic carbocycles. The van der Waals surface area contributed by atoms with Gasteiger partial charge in [0.15, 0.2) is 0 Å². The van der Waals surface area contributed by atoms with Crippen LogP contribution in [0.15, 0.2) is 0 Å². The van der Waals surface area contributed by atoms with Gasteiger partial charge >= 0.3 is 0 Å². The Bertz CT molecular complexity index is 468. The Morgan fingerprint density at radius 3 is 1.47 bits per heavy atom. The average Bonchev–Trinajstić information content (AvgIpc) is 2.26. The van der Waals surface area contributed by atoms with Crippen molar-refractivity contribution in [3.05, 3.63) is 26.7 Å². The van der Waals surface area contributed by atoms with Crippen LogP contribution in [-0.2, 0) is 0 Å². The van der Waals surface area contributed by atoms with Gasteiger partial charge in [-0.2, -0.15) is 0 Å². The van der Waals surface area contributed by atoms with E-state index < -0.39 is 0 Å². The van der Waals surface area contributed by atoms with Crippen LogP contribution in [0.4, 0.5) is 0 Å². The van der Waals surface area contributed by atoms with Gasteiger partial charge in [-0.15, -0.1) is 0 Å². The molecule has 0 spiro atoms. The van der Waals surface area contributed by atoms with Gasteiger partial charge in [-0.05, 0) is 28.9 Å². The van der Waals surface area contributed by atoms with E-state index in [2.05, 4.69) is 41.5 Å². The number of halogens is 2. The summed E-state index contributed by atoms with van der Waals surface area (Å²) in [6.07, 6.45) is 0. The molecule has 0 fully saturated rings. The highest BCUT2D eigenvalue weighted by molar-refractivity contribution is 6.38. The maximum atomic E-state index is 6.65. The number of rotatable bonds is 4. The van der Waals surface area contributed by atoms with Crippen LogP contribution in [0.1, 0.15) is 76.0 Å². The van der Waals surface area contributed by atoms with Gasteiger partial charge in [0.2, 0.25) is 10.5 Å². The number of benzene rings is 1. The summed E-state index contributed by atoms with van der Waals surface area (Å²) in [7, 11) is 0.627. The van der Waals surface area contributed by atoms with Crippen LogP contribution < -0.4 is 4.43 Å². The van der Waals surface area contributed by atoms with Gasteiger partial charge in [0.25, 0.3) is 0 Å². The van der Waals surface area contributed by atoms with Crippen molar-refractivity contribution in [3.63, 3.8) is 0 Å². The molecule has 0 saturated carbocycles. The van der Waals surface area contributed by atoms with E-state index in [0.717, 1.165) is 16.3 Å². The molecule has 0 heterocycles. The van der Waals surface area contributed by atoms with Crippen LogP contribution in [-0.4, -0.2) is 10.5 Å². The molecular formula is C15H24Cl2OSi. The fourth-order valence-corrected chi connectivity index (χ4v) is 4.29. The highest BCUT2D eigenvalue weighted by Crippen LogP contribution is 2.48. The fraction of sp³-hybridized carbons (Fsp3) is 0.600. The quantitative estimate of drug-likeness (QED) is 0.708. The number of hydrogen-bond acceptors (Lipinski definition) is 1. The second-order valence-electron chi connectivity index (χ2n) is 5.87. The standard InChI is InChI=1S/C15H24Cl2OSi/c1-7(2)10-11(8(3)4)15(18-19)14(17)12(9(5)6)13(10)16/h7-9H,1-6,19H3. The van der Waals surface area contributed by atoms with Crippen molar-refractivity contribution in [2.24, 2.45) is 0 Å². The van der Waals surface area contributed by atoms with Crippen molar-refractivity contribution in [3.8, 4) is 5.75 Å². The first-order chi connectivity index (χ1) is 8.73. The summed E-state index contributed by atoms with van der Waals surface area (Å²) in [5.41, 5.74) is 3.38. The van der Waals surface area contributed by atoms with Gasteiger partial charge in [0, 0.05) is 10.6 Å². The van der Waals surface area contributed by atoms with Crippen molar-refractivity contribution in [1.82, 2.24) is 0 Å². The van der Waals surface area contributed by atoms with E-state index in [1.54, 1.807) is 0 Å². The molecular weight excluding hydrogens is 295 g/mol. The minimum atomic E-state index is 0.286. The van der Waals surface area contributed by atoms with Crippen LogP contribution in [0.5, 0.6) is 5.75 Å². The summed E-state index contributed by atoms with van der Waals surface area (Å²) >= 11 is 13.2. The first-order valence-corrected chi connectivity index (χ1v) is 8.39. The lowest BCUT2D eigenvalue weighted by molar-refractivity contribution is 0.589. The molecule has 0 aliphatic heterocycles. The summed E-state index contributed by atoms with van der Waals surface area (Å²) in [5, 5.41) is 1.52. The Morgan fingerprint density at radius 2 is 1.16 bits per heavy atom. The molecule has 1 nitrogen and oxygen atoms in total. The molecule has 0 amide bonds. The zero-order valence-corrected chi connectivity index (χ0v) is 16.4. The molecule has 0 bridgehead atoms. The fourth-order valence-electron chi connectivity index (χ4n) is 2.57. The second kappa shape index (κ2) is 6.51. The molecule has 4 heteroatoms. The SMILES string of the molecule is CC(C)c1c(Cl)c(O[SiH3])c(C(C)C)c(C(C)C)c1Cl. The maximum Gasteiger partial charge on any atom is 0.204 e. The Morgan fingerprint density at radius 1 is 0.737 bits per heavy atom. The van der Waals surface area contributed by atoms with Gasteiger partial charge in [-0.3, -0.25) is 0 Å². The van der Waals surface area contributed by atoms with E-state index in [-0.39, 0.29) is 5.92 Å². The van der Waals surface area contributed by atoms with Crippen molar-refractivity contribution in [2.75, 3.05) is 0 Å². The smallest absolute Gasteiger partial charge is 0.204 e. The highest BCUT2D eigenvalue weighted by atomic mass is 35.5. The molecule has 0 atom stereocenters. The van der Waals surface area contributed by atoms with Gasteiger partial charge in [0.1, 0.15) is 5.75 Å². The molecule has 0 aromatic heterocycles. The lowest BCUT2D eigenvalue weighted by Crippen LogP contribution is -2.08. The minimum absolute atomic E-state index is 0.286. The van der Waals surface area contributed by atoms with Crippen molar-refractivity contribution in [1.29, 1.82) is 0 Å². The third-order valence-corrected chi connectivity index (χ3v) is 4.57. The second-order valence-corrected chi connectivity index (χ2v) is 7.03.